The first-order chi connectivity index (χ1) is 8.43. The van der Waals surface area contributed by atoms with Crippen LogP contribution in [0, 0.1) is 12.8 Å². The van der Waals surface area contributed by atoms with Gasteiger partial charge in [-0.15, -0.1) is 11.6 Å². The number of aryl methyl sites for hydroxylation is 1. The number of alkyl halides is 1. The maximum atomic E-state index is 12.1. The Morgan fingerprint density at radius 2 is 2.06 bits per heavy atom. The average Bonchev–Trinajstić information content (AvgIpc) is 2.30. The molecule has 1 rings (SSSR count). The number of rotatable bonds is 5. The summed E-state index contributed by atoms with van der Waals surface area (Å²) in [4.78, 5) is 12.1. The summed E-state index contributed by atoms with van der Waals surface area (Å²) in [5, 5.41) is 3.52. The van der Waals surface area contributed by atoms with Gasteiger partial charge in [0.2, 0.25) is 0 Å². The van der Waals surface area contributed by atoms with E-state index in [1.807, 2.05) is 13.0 Å². The van der Waals surface area contributed by atoms with Crippen molar-refractivity contribution in [3.63, 3.8) is 0 Å². The van der Waals surface area contributed by atoms with E-state index in [1.165, 1.54) is 0 Å². The van der Waals surface area contributed by atoms with Gasteiger partial charge in [-0.3, -0.25) is 4.79 Å². The molecule has 0 spiro atoms. The third-order valence-electron chi connectivity index (χ3n) is 2.72. The molecule has 0 aliphatic rings. The summed E-state index contributed by atoms with van der Waals surface area (Å²) in [7, 11) is 0. The predicted molar refractivity (Wildman–Crippen MR) is 77.6 cm³/mol. The van der Waals surface area contributed by atoms with E-state index in [2.05, 4.69) is 19.2 Å². The molecule has 4 heteroatoms. The molecule has 1 aromatic carbocycles. The lowest BCUT2D eigenvalue weighted by Crippen LogP contribution is -2.37. The molecule has 0 fully saturated rings. The molecule has 100 valence electrons. The van der Waals surface area contributed by atoms with E-state index in [-0.39, 0.29) is 11.9 Å². The maximum absolute atomic E-state index is 12.1. The van der Waals surface area contributed by atoms with Crippen molar-refractivity contribution in [2.45, 2.75) is 33.2 Å². The Labute approximate surface area is 119 Å². The first-order valence-electron chi connectivity index (χ1n) is 6.07. The summed E-state index contributed by atoms with van der Waals surface area (Å²) in [6, 6.07) is 5.31. The zero-order valence-electron chi connectivity index (χ0n) is 11.0. The quantitative estimate of drug-likeness (QED) is 0.814. The van der Waals surface area contributed by atoms with Crippen LogP contribution < -0.4 is 5.32 Å². The lowest BCUT2D eigenvalue weighted by Gasteiger charge is -2.18. The number of halogens is 2. The number of nitrogens with one attached hydrogen (secondary N) is 1. The van der Waals surface area contributed by atoms with Gasteiger partial charge in [-0.1, -0.05) is 31.5 Å². The van der Waals surface area contributed by atoms with Gasteiger partial charge in [0.25, 0.3) is 5.91 Å². The van der Waals surface area contributed by atoms with E-state index < -0.39 is 0 Å². The van der Waals surface area contributed by atoms with E-state index in [9.17, 15) is 4.79 Å². The molecule has 1 aromatic rings. The van der Waals surface area contributed by atoms with Gasteiger partial charge >= 0.3 is 0 Å². The van der Waals surface area contributed by atoms with Crippen LogP contribution in [0.3, 0.4) is 0 Å². The fourth-order valence-electron chi connectivity index (χ4n) is 1.83. The number of amides is 1. The second-order valence-electron chi connectivity index (χ2n) is 4.91. The molecule has 18 heavy (non-hydrogen) atoms. The van der Waals surface area contributed by atoms with Gasteiger partial charge in [0.1, 0.15) is 0 Å². The van der Waals surface area contributed by atoms with Crippen LogP contribution >= 0.6 is 23.2 Å². The Hall–Kier alpha value is -0.730. The monoisotopic (exact) mass is 287 g/mol. The minimum atomic E-state index is -0.110. The smallest absolute Gasteiger partial charge is 0.251 e. The lowest BCUT2D eigenvalue weighted by molar-refractivity contribution is 0.0936. The van der Waals surface area contributed by atoms with Crippen LogP contribution in [0.5, 0.6) is 0 Å². The molecule has 1 N–H and O–H groups in total. The average molecular weight is 288 g/mol. The number of hydrogen-bond donors (Lipinski definition) is 1. The fourth-order valence-corrected chi connectivity index (χ4v) is 2.21. The van der Waals surface area contributed by atoms with E-state index in [0.29, 0.717) is 22.4 Å². The summed E-state index contributed by atoms with van der Waals surface area (Å²) < 4.78 is 0. The second kappa shape index (κ2) is 7.01. The van der Waals surface area contributed by atoms with Crippen molar-refractivity contribution in [2.75, 3.05) is 5.88 Å². The predicted octanol–water partition coefficient (Wildman–Crippen LogP) is 4.03. The highest BCUT2D eigenvalue weighted by Gasteiger charge is 2.16. The van der Waals surface area contributed by atoms with Crippen molar-refractivity contribution in [1.29, 1.82) is 0 Å². The molecule has 0 heterocycles. The Balaban J connectivity index is 2.77. The Bertz CT molecular complexity index is 418. The maximum Gasteiger partial charge on any atom is 0.251 e. The molecule has 0 radical (unpaired) electrons. The van der Waals surface area contributed by atoms with Crippen molar-refractivity contribution in [3.8, 4) is 0 Å². The SMILES string of the molecule is Cc1ccc(Cl)cc1C(=O)NC(CCl)CC(C)C. The van der Waals surface area contributed by atoms with Crippen molar-refractivity contribution in [2.24, 2.45) is 5.92 Å². The normalized spacial score (nSPS) is 12.6. The van der Waals surface area contributed by atoms with Gasteiger partial charge in [0, 0.05) is 22.5 Å². The number of carbonyl (C=O) groups excluding carboxylic acids is 1. The van der Waals surface area contributed by atoms with Crippen molar-refractivity contribution < 1.29 is 4.79 Å². The van der Waals surface area contributed by atoms with Gasteiger partial charge in [0.05, 0.1) is 0 Å². The molecule has 0 bridgehead atoms. The molecule has 0 aliphatic heterocycles. The molecular weight excluding hydrogens is 269 g/mol. The van der Waals surface area contributed by atoms with Gasteiger partial charge < -0.3 is 5.32 Å². The molecule has 0 saturated carbocycles. The van der Waals surface area contributed by atoms with Crippen molar-refractivity contribution in [3.05, 3.63) is 34.3 Å². The number of hydrogen-bond acceptors (Lipinski definition) is 1. The summed E-state index contributed by atoms with van der Waals surface area (Å²) in [6.07, 6.45) is 0.870. The standard InChI is InChI=1S/C14H19Cl2NO/c1-9(2)6-12(8-15)17-14(18)13-7-11(16)5-4-10(13)3/h4-5,7,9,12H,6,8H2,1-3H3,(H,17,18). The van der Waals surface area contributed by atoms with E-state index in [1.54, 1.807) is 12.1 Å². The third kappa shape index (κ3) is 4.51. The van der Waals surface area contributed by atoms with E-state index in [0.717, 1.165) is 12.0 Å². The zero-order chi connectivity index (χ0) is 13.7. The van der Waals surface area contributed by atoms with Gasteiger partial charge in [-0.25, -0.2) is 0 Å². The van der Waals surface area contributed by atoms with Gasteiger partial charge in [-0.05, 0) is 37.0 Å². The highest BCUT2D eigenvalue weighted by molar-refractivity contribution is 6.31. The summed E-state index contributed by atoms with van der Waals surface area (Å²) >= 11 is 11.8. The Kier molecular flexibility index (Phi) is 5.97. The number of carbonyl (C=O) groups is 1. The van der Waals surface area contributed by atoms with Gasteiger partial charge in [-0.2, -0.15) is 0 Å². The molecule has 1 atom stereocenters. The molecule has 0 saturated heterocycles. The highest BCUT2D eigenvalue weighted by Crippen LogP contribution is 2.16. The molecule has 0 aromatic heterocycles. The van der Waals surface area contributed by atoms with Crippen molar-refractivity contribution >= 4 is 29.1 Å². The van der Waals surface area contributed by atoms with Crippen LogP contribution in [0.4, 0.5) is 0 Å². The molecule has 0 aliphatic carbocycles. The van der Waals surface area contributed by atoms with Crippen LogP contribution in [0.2, 0.25) is 5.02 Å². The topological polar surface area (TPSA) is 29.1 Å². The third-order valence-corrected chi connectivity index (χ3v) is 3.33. The van der Waals surface area contributed by atoms with Crippen molar-refractivity contribution in [1.82, 2.24) is 5.32 Å². The fraction of sp³-hybridized carbons (Fsp3) is 0.500. The minimum absolute atomic E-state index is 0.00227. The first kappa shape index (κ1) is 15.3. The molecule has 1 unspecified atom stereocenters. The summed E-state index contributed by atoms with van der Waals surface area (Å²) in [5.41, 5.74) is 1.52. The molecule has 2 nitrogen and oxygen atoms in total. The minimum Gasteiger partial charge on any atom is -0.348 e. The zero-order valence-corrected chi connectivity index (χ0v) is 12.5. The Morgan fingerprint density at radius 1 is 1.39 bits per heavy atom. The largest absolute Gasteiger partial charge is 0.348 e. The van der Waals surface area contributed by atoms with E-state index in [4.69, 9.17) is 23.2 Å². The van der Waals surface area contributed by atoms with E-state index >= 15 is 0 Å². The van der Waals surface area contributed by atoms with Crippen LogP contribution in [-0.2, 0) is 0 Å². The Morgan fingerprint density at radius 3 is 2.61 bits per heavy atom. The van der Waals surface area contributed by atoms with Crippen LogP contribution in [-0.4, -0.2) is 17.8 Å². The first-order valence-corrected chi connectivity index (χ1v) is 6.98. The summed E-state index contributed by atoms with van der Waals surface area (Å²) in [5.74, 6) is 0.805. The summed E-state index contributed by atoms with van der Waals surface area (Å²) in [6.45, 7) is 6.11. The lowest BCUT2D eigenvalue weighted by atomic mass is 10.0. The second-order valence-corrected chi connectivity index (χ2v) is 5.66. The van der Waals surface area contributed by atoms with Crippen LogP contribution in [0.1, 0.15) is 36.2 Å². The number of benzene rings is 1. The van der Waals surface area contributed by atoms with Gasteiger partial charge in [0.15, 0.2) is 0 Å². The highest BCUT2D eigenvalue weighted by atomic mass is 35.5. The van der Waals surface area contributed by atoms with Crippen LogP contribution in [0.15, 0.2) is 18.2 Å². The molecule has 1 amide bonds. The molecular formula is C14H19Cl2NO. The van der Waals surface area contributed by atoms with Crippen LogP contribution in [0.25, 0.3) is 0 Å².